The van der Waals surface area contributed by atoms with Crippen molar-refractivity contribution in [2.75, 3.05) is 13.7 Å². The van der Waals surface area contributed by atoms with Crippen molar-refractivity contribution >= 4 is 5.97 Å². The molecule has 1 aliphatic rings. The zero-order valence-electron chi connectivity index (χ0n) is 10.4. The Morgan fingerprint density at radius 2 is 2.47 bits per heavy atom. The van der Waals surface area contributed by atoms with Gasteiger partial charge in [0.05, 0.1) is 18.8 Å². The first-order valence-electron chi connectivity index (χ1n) is 6.15. The number of hydrogen-bond acceptors (Lipinski definition) is 4. The molecule has 5 heteroatoms. The van der Waals surface area contributed by atoms with Crippen LogP contribution in [0.1, 0.15) is 48.4 Å². The second kappa shape index (κ2) is 5.31. The number of carbonyl (C=O) groups is 1. The Kier molecular flexibility index (Phi) is 3.78. The normalized spacial score (nSPS) is 20.2. The fourth-order valence-electron chi connectivity index (χ4n) is 2.22. The smallest absolute Gasteiger partial charge is 0.356 e. The number of piperidine rings is 1. The molecule has 5 nitrogen and oxygen atoms in total. The first-order chi connectivity index (χ1) is 8.26. The van der Waals surface area contributed by atoms with Crippen LogP contribution in [0.4, 0.5) is 0 Å². The van der Waals surface area contributed by atoms with E-state index in [2.05, 4.69) is 10.4 Å². The minimum absolute atomic E-state index is 0.278. The Morgan fingerprint density at radius 1 is 1.65 bits per heavy atom. The summed E-state index contributed by atoms with van der Waals surface area (Å²) in [5.41, 5.74) is 1.49. The molecule has 2 rings (SSSR count). The summed E-state index contributed by atoms with van der Waals surface area (Å²) in [5, 5.41) is 7.90. The molecule has 94 valence electrons. The molecule has 0 amide bonds. The van der Waals surface area contributed by atoms with Gasteiger partial charge in [0.1, 0.15) is 5.69 Å². The Morgan fingerprint density at radius 3 is 3.06 bits per heavy atom. The molecule has 17 heavy (non-hydrogen) atoms. The Balaban J connectivity index is 2.23. The van der Waals surface area contributed by atoms with E-state index in [9.17, 15) is 4.79 Å². The van der Waals surface area contributed by atoms with E-state index in [0.29, 0.717) is 12.2 Å². The molecule has 2 heterocycles. The van der Waals surface area contributed by atoms with Crippen LogP contribution in [0.5, 0.6) is 0 Å². The van der Waals surface area contributed by atoms with E-state index in [-0.39, 0.29) is 12.0 Å². The summed E-state index contributed by atoms with van der Waals surface area (Å²) >= 11 is 0. The van der Waals surface area contributed by atoms with Crippen LogP contribution >= 0.6 is 0 Å². The summed E-state index contributed by atoms with van der Waals surface area (Å²) in [6, 6.07) is 2.12. The van der Waals surface area contributed by atoms with Crippen LogP contribution in [0.3, 0.4) is 0 Å². The number of hydrogen-bond donors (Lipinski definition) is 1. The van der Waals surface area contributed by atoms with E-state index in [0.717, 1.165) is 18.7 Å². The third-order valence-corrected chi connectivity index (χ3v) is 3.16. The van der Waals surface area contributed by atoms with Crippen molar-refractivity contribution in [2.24, 2.45) is 0 Å². The molecule has 1 aromatic heterocycles. The van der Waals surface area contributed by atoms with Gasteiger partial charge in [-0.1, -0.05) is 6.42 Å². The molecule has 0 saturated carbocycles. The van der Waals surface area contributed by atoms with Crippen LogP contribution in [0.25, 0.3) is 0 Å². The first kappa shape index (κ1) is 12.1. The largest absolute Gasteiger partial charge is 0.464 e. The second-order valence-electron chi connectivity index (χ2n) is 4.26. The molecule has 0 bridgehead atoms. The van der Waals surface area contributed by atoms with Gasteiger partial charge in [0.25, 0.3) is 0 Å². The predicted octanol–water partition coefficient (Wildman–Crippen LogP) is 1.50. The van der Waals surface area contributed by atoms with Gasteiger partial charge in [-0.15, -0.1) is 0 Å². The van der Waals surface area contributed by atoms with Crippen LogP contribution in [-0.2, 0) is 11.3 Å². The van der Waals surface area contributed by atoms with Gasteiger partial charge in [-0.2, -0.15) is 5.10 Å². The summed E-state index contributed by atoms with van der Waals surface area (Å²) in [5.74, 6) is -0.318. The standard InChI is InChI=1S/C12H19N3O2/c1-3-15-11(12(16)17-2)8-10(14-15)9-6-4-5-7-13-9/h8-9,13H,3-7H2,1-2H3/t9-/m1/s1. The zero-order chi connectivity index (χ0) is 12.3. The maximum atomic E-state index is 11.6. The van der Waals surface area contributed by atoms with Crippen LogP contribution in [0.15, 0.2) is 6.07 Å². The number of methoxy groups -OCH3 is 1. The molecule has 1 saturated heterocycles. The Hall–Kier alpha value is -1.36. The van der Waals surface area contributed by atoms with Crippen LogP contribution in [0, 0.1) is 0 Å². The van der Waals surface area contributed by atoms with Crippen LogP contribution in [-0.4, -0.2) is 29.4 Å². The average Bonchev–Trinajstić information content (AvgIpc) is 2.83. The minimum Gasteiger partial charge on any atom is -0.464 e. The summed E-state index contributed by atoms with van der Waals surface area (Å²) in [7, 11) is 1.40. The van der Waals surface area contributed by atoms with Crippen molar-refractivity contribution in [2.45, 2.75) is 38.8 Å². The van der Waals surface area contributed by atoms with Gasteiger partial charge >= 0.3 is 5.97 Å². The third kappa shape index (κ3) is 2.49. The van der Waals surface area contributed by atoms with Gasteiger partial charge in [-0.3, -0.25) is 4.68 Å². The number of nitrogens with one attached hydrogen (secondary N) is 1. The lowest BCUT2D eigenvalue weighted by Gasteiger charge is -2.21. The lowest BCUT2D eigenvalue weighted by Crippen LogP contribution is -2.27. The van der Waals surface area contributed by atoms with Gasteiger partial charge in [0.15, 0.2) is 0 Å². The fourth-order valence-corrected chi connectivity index (χ4v) is 2.22. The molecule has 1 fully saturated rings. The van der Waals surface area contributed by atoms with E-state index in [1.807, 2.05) is 13.0 Å². The number of aryl methyl sites for hydroxylation is 1. The van der Waals surface area contributed by atoms with E-state index in [4.69, 9.17) is 4.74 Å². The number of ether oxygens (including phenoxy) is 1. The number of esters is 1. The third-order valence-electron chi connectivity index (χ3n) is 3.16. The van der Waals surface area contributed by atoms with E-state index >= 15 is 0 Å². The molecule has 1 aromatic rings. The van der Waals surface area contributed by atoms with E-state index < -0.39 is 0 Å². The fraction of sp³-hybridized carbons (Fsp3) is 0.667. The Bertz CT molecular complexity index is 394. The van der Waals surface area contributed by atoms with Gasteiger partial charge in [-0.05, 0) is 32.4 Å². The van der Waals surface area contributed by atoms with Crippen molar-refractivity contribution in [1.82, 2.24) is 15.1 Å². The highest BCUT2D eigenvalue weighted by Gasteiger charge is 2.21. The Labute approximate surface area is 101 Å². The molecule has 0 aromatic carbocycles. The monoisotopic (exact) mass is 237 g/mol. The molecule has 1 atom stereocenters. The van der Waals surface area contributed by atoms with Crippen LogP contribution in [0.2, 0.25) is 0 Å². The maximum absolute atomic E-state index is 11.6. The number of rotatable bonds is 3. The SMILES string of the molecule is CCn1nc([C@H]2CCCCN2)cc1C(=O)OC. The summed E-state index contributed by atoms with van der Waals surface area (Å²) in [6.07, 6.45) is 3.51. The van der Waals surface area contributed by atoms with E-state index in [1.165, 1.54) is 20.0 Å². The number of carbonyl (C=O) groups excluding carboxylic acids is 1. The van der Waals surface area contributed by atoms with Crippen molar-refractivity contribution in [1.29, 1.82) is 0 Å². The molecule has 1 N–H and O–H groups in total. The van der Waals surface area contributed by atoms with Gasteiger partial charge < -0.3 is 10.1 Å². The maximum Gasteiger partial charge on any atom is 0.356 e. The predicted molar refractivity (Wildman–Crippen MR) is 63.8 cm³/mol. The lowest BCUT2D eigenvalue weighted by atomic mass is 10.0. The summed E-state index contributed by atoms with van der Waals surface area (Å²) in [4.78, 5) is 11.6. The van der Waals surface area contributed by atoms with Crippen molar-refractivity contribution < 1.29 is 9.53 Å². The molecular weight excluding hydrogens is 218 g/mol. The van der Waals surface area contributed by atoms with Gasteiger partial charge in [0, 0.05) is 6.54 Å². The van der Waals surface area contributed by atoms with Gasteiger partial charge in [-0.25, -0.2) is 4.79 Å². The average molecular weight is 237 g/mol. The van der Waals surface area contributed by atoms with Gasteiger partial charge in [0.2, 0.25) is 0 Å². The minimum atomic E-state index is -0.318. The lowest BCUT2D eigenvalue weighted by molar-refractivity contribution is 0.0587. The highest BCUT2D eigenvalue weighted by Crippen LogP contribution is 2.22. The molecule has 0 radical (unpaired) electrons. The quantitative estimate of drug-likeness (QED) is 0.809. The molecule has 0 spiro atoms. The molecule has 0 aliphatic carbocycles. The van der Waals surface area contributed by atoms with Crippen LogP contribution < -0.4 is 5.32 Å². The molecular formula is C12H19N3O2. The highest BCUT2D eigenvalue weighted by atomic mass is 16.5. The van der Waals surface area contributed by atoms with Crippen molar-refractivity contribution in [3.63, 3.8) is 0 Å². The van der Waals surface area contributed by atoms with E-state index in [1.54, 1.807) is 4.68 Å². The number of aromatic nitrogens is 2. The summed E-state index contributed by atoms with van der Waals surface area (Å²) < 4.78 is 6.47. The molecule has 1 aliphatic heterocycles. The first-order valence-corrected chi connectivity index (χ1v) is 6.15. The van der Waals surface area contributed by atoms with Crippen molar-refractivity contribution in [3.05, 3.63) is 17.5 Å². The van der Waals surface area contributed by atoms with Crippen molar-refractivity contribution in [3.8, 4) is 0 Å². The molecule has 0 unspecified atom stereocenters. The topological polar surface area (TPSA) is 56.2 Å². The second-order valence-corrected chi connectivity index (χ2v) is 4.26. The zero-order valence-corrected chi connectivity index (χ0v) is 10.4. The highest BCUT2D eigenvalue weighted by molar-refractivity contribution is 5.87. The summed E-state index contributed by atoms with van der Waals surface area (Å²) in [6.45, 7) is 3.67. The number of nitrogens with zero attached hydrogens (tertiary/aromatic N) is 2.